The molecule has 0 saturated carbocycles. The Bertz CT molecular complexity index is 959. The van der Waals surface area contributed by atoms with E-state index in [0.717, 1.165) is 10.6 Å². The van der Waals surface area contributed by atoms with E-state index in [1.807, 2.05) is 13.8 Å². The fraction of sp³-hybridized carbons (Fsp3) is 0.350. The van der Waals surface area contributed by atoms with Crippen molar-refractivity contribution in [3.05, 3.63) is 42.5 Å². The van der Waals surface area contributed by atoms with Crippen LogP contribution in [0.4, 0.5) is 11.4 Å². The van der Waals surface area contributed by atoms with Crippen LogP contribution >= 0.6 is 0 Å². The second-order valence-electron chi connectivity index (χ2n) is 6.55. The zero-order valence-electron chi connectivity index (χ0n) is 17.1. The maximum Gasteiger partial charge on any atom is 0.245 e. The zero-order chi connectivity index (χ0) is 21.6. The first-order valence-corrected chi connectivity index (χ1v) is 10.7. The Labute approximate surface area is 171 Å². The molecule has 2 aromatic carbocycles. The highest BCUT2D eigenvalue weighted by atomic mass is 32.2. The van der Waals surface area contributed by atoms with E-state index in [1.165, 1.54) is 20.3 Å². The number of anilines is 2. The zero-order valence-corrected chi connectivity index (χ0v) is 17.9. The van der Waals surface area contributed by atoms with E-state index in [0.29, 0.717) is 17.2 Å². The fourth-order valence-electron chi connectivity index (χ4n) is 2.62. The first-order valence-electron chi connectivity index (χ1n) is 8.90. The number of sulfonamides is 1. The summed E-state index contributed by atoms with van der Waals surface area (Å²) in [6, 6.07) is 11.6. The maximum absolute atomic E-state index is 12.6. The van der Waals surface area contributed by atoms with Gasteiger partial charge in [0.05, 0.1) is 32.3 Å². The molecule has 0 radical (unpaired) electrons. The number of carbonyl (C=O) groups is 1. The van der Waals surface area contributed by atoms with Crippen LogP contribution in [0.1, 0.15) is 13.8 Å². The number of rotatable bonds is 9. The average molecular weight is 423 g/mol. The van der Waals surface area contributed by atoms with Crippen LogP contribution in [-0.4, -0.2) is 47.4 Å². The standard InChI is InChI=1S/C20H26N2O6S/c1-14(2)28-17-8-6-7-15(11-17)21-20(23)13-22(29(5,24)25)18-10-9-16(26-3)12-19(18)27-4/h6-12,14H,13H2,1-5H3,(H,21,23). The Morgan fingerprint density at radius 1 is 1.07 bits per heavy atom. The quantitative estimate of drug-likeness (QED) is 0.668. The van der Waals surface area contributed by atoms with Crippen LogP contribution < -0.4 is 23.8 Å². The number of benzene rings is 2. The van der Waals surface area contributed by atoms with Crippen LogP contribution in [0.25, 0.3) is 0 Å². The Hall–Kier alpha value is -2.94. The molecule has 0 saturated heterocycles. The van der Waals surface area contributed by atoms with E-state index < -0.39 is 22.5 Å². The summed E-state index contributed by atoms with van der Waals surface area (Å²) in [6.07, 6.45) is 1.02. The first-order chi connectivity index (χ1) is 13.6. The molecule has 0 aliphatic heterocycles. The van der Waals surface area contributed by atoms with Gasteiger partial charge >= 0.3 is 0 Å². The molecule has 0 unspecified atom stereocenters. The molecule has 0 atom stereocenters. The molecule has 2 rings (SSSR count). The topological polar surface area (TPSA) is 94.2 Å². The Morgan fingerprint density at radius 3 is 2.38 bits per heavy atom. The molecule has 8 nitrogen and oxygen atoms in total. The van der Waals surface area contributed by atoms with Crippen LogP contribution in [0.5, 0.6) is 17.2 Å². The van der Waals surface area contributed by atoms with Gasteiger partial charge in [-0.1, -0.05) is 6.07 Å². The van der Waals surface area contributed by atoms with Crippen molar-refractivity contribution in [1.82, 2.24) is 0 Å². The summed E-state index contributed by atoms with van der Waals surface area (Å²) in [5.41, 5.74) is 0.742. The molecule has 0 spiro atoms. The summed E-state index contributed by atoms with van der Waals surface area (Å²) < 4.78 is 41.7. The fourth-order valence-corrected chi connectivity index (χ4v) is 3.48. The lowest BCUT2D eigenvalue weighted by atomic mass is 10.2. The van der Waals surface area contributed by atoms with E-state index in [9.17, 15) is 13.2 Å². The number of ether oxygens (including phenoxy) is 3. The van der Waals surface area contributed by atoms with E-state index in [1.54, 1.807) is 36.4 Å². The van der Waals surface area contributed by atoms with Gasteiger partial charge in [0.2, 0.25) is 15.9 Å². The van der Waals surface area contributed by atoms with Gasteiger partial charge in [0.25, 0.3) is 0 Å². The van der Waals surface area contributed by atoms with Crippen molar-refractivity contribution in [2.24, 2.45) is 0 Å². The van der Waals surface area contributed by atoms with Crippen molar-refractivity contribution < 1.29 is 27.4 Å². The lowest BCUT2D eigenvalue weighted by molar-refractivity contribution is -0.114. The predicted molar refractivity (Wildman–Crippen MR) is 113 cm³/mol. The SMILES string of the molecule is COc1ccc(N(CC(=O)Nc2cccc(OC(C)C)c2)S(C)(=O)=O)c(OC)c1. The monoisotopic (exact) mass is 422 g/mol. The van der Waals surface area contributed by atoms with Gasteiger partial charge in [-0.25, -0.2) is 8.42 Å². The van der Waals surface area contributed by atoms with Crippen LogP contribution in [0.2, 0.25) is 0 Å². The van der Waals surface area contributed by atoms with Gasteiger partial charge in [-0.3, -0.25) is 9.10 Å². The molecule has 29 heavy (non-hydrogen) atoms. The number of nitrogens with one attached hydrogen (secondary N) is 1. The third-order valence-corrected chi connectivity index (χ3v) is 4.96. The highest BCUT2D eigenvalue weighted by Gasteiger charge is 2.24. The summed E-state index contributed by atoms with van der Waals surface area (Å²) in [7, 11) is -0.845. The molecule has 158 valence electrons. The molecule has 2 aromatic rings. The lowest BCUT2D eigenvalue weighted by Crippen LogP contribution is -2.37. The van der Waals surface area contributed by atoms with Crippen LogP contribution in [0.3, 0.4) is 0 Å². The number of hydrogen-bond donors (Lipinski definition) is 1. The Balaban J connectivity index is 2.25. The number of methoxy groups -OCH3 is 2. The van der Waals surface area contributed by atoms with Gasteiger partial charge in [0.15, 0.2) is 0 Å². The van der Waals surface area contributed by atoms with Crippen molar-refractivity contribution in [2.75, 3.05) is 36.6 Å². The maximum atomic E-state index is 12.6. The highest BCUT2D eigenvalue weighted by Crippen LogP contribution is 2.33. The minimum Gasteiger partial charge on any atom is -0.497 e. The predicted octanol–water partition coefficient (Wildman–Crippen LogP) is 2.90. The summed E-state index contributed by atoms with van der Waals surface area (Å²) in [6.45, 7) is 3.38. The average Bonchev–Trinajstić information content (AvgIpc) is 2.64. The van der Waals surface area contributed by atoms with E-state index in [2.05, 4.69) is 5.32 Å². The normalized spacial score (nSPS) is 11.1. The molecular formula is C20H26N2O6S. The lowest BCUT2D eigenvalue weighted by Gasteiger charge is -2.24. The highest BCUT2D eigenvalue weighted by molar-refractivity contribution is 7.92. The molecule has 9 heteroatoms. The third-order valence-electron chi connectivity index (χ3n) is 3.83. The second kappa shape index (κ2) is 9.51. The van der Waals surface area contributed by atoms with Crippen molar-refractivity contribution in [3.63, 3.8) is 0 Å². The van der Waals surface area contributed by atoms with Gasteiger partial charge in [-0.2, -0.15) is 0 Å². The van der Waals surface area contributed by atoms with Gasteiger partial charge < -0.3 is 19.5 Å². The van der Waals surface area contributed by atoms with E-state index in [4.69, 9.17) is 14.2 Å². The summed E-state index contributed by atoms with van der Waals surface area (Å²) in [5.74, 6) is 0.880. The summed E-state index contributed by atoms with van der Waals surface area (Å²) >= 11 is 0. The molecule has 0 bridgehead atoms. The third kappa shape index (κ3) is 6.28. The molecule has 0 aromatic heterocycles. The van der Waals surface area contributed by atoms with Crippen molar-refractivity contribution in [3.8, 4) is 17.2 Å². The summed E-state index contributed by atoms with van der Waals surface area (Å²) in [5, 5.41) is 2.70. The Morgan fingerprint density at radius 2 is 1.79 bits per heavy atom. The van der Waals surface area contributed by atoms with Gasteiger partial charge in [-0.05, 0) is 38.1 Å². The molecule has 0 aliphatic rings. The molecule has 0 heterocycles. The van der Waals surface area contributed by atoms with Gasteiger partial charge in [-0.15, -0.1) is 0 Å². The van der Waals surface area contributed by atoms with Crippen LogP contribution in [-0.2, 0) is 14.8 Å². The molecule has 0 fully saturated rings. The molecule has 1 N–H and O–H groups in total. The van der Waals surface area contributed by atoms with E-state index >= 15 is 0 Å². The van der Waals surface area contributed by atoms with Crippen molar-refractivity contribution in [1.29, 1.82) is 0 Å². The molecule has 0 aliphatic carbocycles. The first kappa shape index (κ1) is 22.4. The number of carbonyl (C=O) groups excluding carboxylic acids is 1. The minimum atomic E-state index is -3.75. The van der Waals surface area contributed by atoms with Gasteiger partial charge in [0.1, 0.15) is 23.8 Å². The van der Waals surface area contributed by atoms with Crippen LogP contribution in [0, 0.1) is 0 Å². The second-order valence-corrected chi connectivity index (χ2v) is 8.46. The summed E-state index contributed by atoms with van der Waals surface area (Å²) in [4.78, 5) is 12.6. The van der Waals surface area contributed by atoms with Gasteiger partial charge in [0, 0.05) is 17.8 Å². The largest absolute Gasteiger partial charge is 0.497 e. The van der Waals surface area contributed by atoms with E-state index in [-0.39, 0.29) is 17.5 Å². The smallest absolute Gasteiger partial charge is 0.245 e. The number of nitrogens with zero attached hydrogens (tertiary/aromatic N) is 1. The Kier molecular flexibility index (Phi) is 7.33. The van der Waals surface area contributed by atoms with Crippen molar-refractivity contribution in [2.45, 2.75) is 20.0 Å². The molecule has 1 amide bonds. The van der Waals surface area contributed by atoms with Crippen LogP contribution in [0.15, 0.2) is 42.5 Å². The number of hydrogen-bond acceptors (Lipinski definition) is 6. The van der Waals surface area contributed by atoms with Crippen molar-refractivity contribution >= 4 is 27.3 Å². The minimum absolute atomic E-state index is 0.00999. The number of amides is 1. The molecular weight excluding hydrogens is 396 g/mol.